The van der Waals surface area contributed by atoms with Crippen LogP contribution in [0.5, 0.6) is 11.5 Å². The van der Waals surface area contributed by atoms with Crippen molar-refractivity contribution < 1.29 is 28.0 Å². The lowest BCUT2D eigenvalue weighted by Gasteiger charge is -2.28. The second-order valence-electron chi connectivity index (χ2n) is 14.3. The van der Waals surface area contributed by atoms with Crippen molar-refractivity contribution in [2.75, 3.05) is 47.8 Å². The van der Waals surface area contributed by atoms with Crippen LogP contribution in [0.25, 0.3) is 0 Å². The molecule has 6 nitrogen and oxygen atoms in total. The first-order valence-corrected chi connectivity index (χ1v) is 16.4. The Morgan fingerprint density at radius 1 is 0.628 bits per heavy atom. The minimum Gasteiger partial charge on any atom is -0.422 e. The molecule has 0 radical (unpaired) electrons. The monoisotopic (exact) mass is 596 g/mol. The smallest absolute Gasteiger partial charge is 0.422 e. The van der Waals surface area contributed by atoms with Gasteiger partial charge in [0.1, 0.15) is 11.5 Å². The topological polar surface area (TPSA) is 52.6 Å². The van der Waals surface area contributed by atoms with Crippen LogP contribution in [0.1, 0.15) is 113 Å². The van der Waals surface area contributed by atoms with Gasteiger partial charge in [-0.25, -0.2) is 9.28 Å². The second kappa shape index (κ2) is 17.0. The van der Waals surface area contributed by atoms with Crippen LogP contribution in [-0.4, -0.2) is 68.9 Å². The number of rotatable bonds is 17. The summed E-state index contributed by atoms with van der Waals surface area (Å²) in [5.41, 5.74) is 4.34. The molecule has 0 unspecified atom stereocenters. The molecular formula is C37H60N2O4+2. The lowest BCUT2D eigenvalue weighted by atomic mass is 10.0. The predicted molar refractivity (Wildman–Crippen MR) is 178 cm³/mol. The van der Waals surface area contributed by atoms with Gasteiger partial charge < -0.3 is 14.0 Å². The molecule has 240 valence electrons. The van der Waals surface area contributed by atoms with E-state index in [1.54, 1.807) is 0 Å². The van der Waals surface area contributed by atoms with E-state index in [1.165, 1.54) is 32.1 Å². The summed E-state index contributed by atoms with van der Waals surface area (Å²) in [7, 11) is 8.11. The van der Waals surface area contributed by atoms with Gasteiger partial charge in [0.05, 0.1) is 41.3 Å². The number of nitrogens with zero attached hydrogens (tertiary/aromatic N) is 2. The number of ether oxygens (including phenoxy) is 2. The molecule has 0 N–H and O–H groups in total. The van der Waals surface area contributed by atoms with E-state index >= 15 is 0 Å². The highest BCUT2D eigenvalue weighted by Gasteiger charge is 2.30. The third-order valence-corrected chi connectivity index (χ3v) is 8.29. The molecule has 0 bridgehead atoms. The molecule has 0 aliphatic rings. The van der Waals surface area contributed by atoms with Crippen LogP contribution >= 0.6 is 0 Å². The molecule has 2 aromatic rings. The van der Waals surface area contributed by atoms with Gasteiger partial charge in [-0.2, -0.15) is 4.79 Å². The van der Waals surface area contributed by atoms with Crippen LogP contribution in [0.2, 0.25) is 0 Å². The van der Waals surface area contributed by atoms with Crippen LogP contribution in [0.4, 0.5) is 4.79 Å². The van der Waals surface area contributed by atoms with Crippen molar-refractivity contribution in [1.29, 1.82) is 0 Å². The molecule has 2 rings (SSSR count). The molecule has 0 spiro atoms. The Kier molecular flexibility index (Phi) is 14.4. The largest absolute Gasteiger partial charge is 0.521 e. The Hall–Kier alpha value is -2.70. The maximum atomic E-state index is 13.0. The Balaban J connectivity index is 1.61. The molecule has 0 atom stereocenters. The molecule has 0 fully saturated rings. The molecule has 43 heavy (non-hydrogen) atoms. The summed E-state index contributed by atoms with van der Waals surface area (Å²) in [5, 5.41) is 0. The van der Waals surface area contributed by atoms with Crippen LogP contribution < -0.4 is 9.47 Å². The molecule has 0 aromatic heterocycles. The molecule has 0 saturated heterocycles. The Morgan fingerprint density at radius 3 is 1.51 bits per heavy atom. The quantitative estimate of drug-likeness (QED) is 0.0792. The molecule has 0 saturated carbocycles. The maximum absolute atomic E-state index is 13.0. The van der Waals surface area contributed by atoms with E-state index in [9.17, 15) is 9.59 Å². The zero-order chi connectivity index (χ0) is 32.2. The number of carbonyl (C=O) groups excluding carboxylic acids is 2. The summed E-state index contributed by atoms with van der Waals surface area (Å²) in [6, 6.07) is 12.2. The third kappa shape index (κ3) is 12.8. The van der Waals surface area contributed by atoms with E-state index in [1.807, 2.05) is 40.1 Å². The predicted octanol–water partition coefficient (Wildman–Crippen LogP) is 8.93. The molecule has 0 aliphatic carbocycles. The fraction of sp³-hybridized carbons (Fsp3) is 0.622. The van der Waals surface area contributed by atoms with Gasteiger partial charge in [-0.3, -0.25) is 0 Å². The summed E-state index contributed by atoms with van der Waals surface area (Å²) in [6.07, 6.45) is 9.08. The number of likely N-dealkylation sites (N-methyl/N-ethyl adjacent to an activating group) is 1. The van der Waals surface area contributed by atoms with Gasteiger partial charge in [0.15, 0.2) is 6.54 Å². The number of benzene rings is 2. The average Bonchev–Trinajstić information content (AvgIpc) is 2.89. The number of aryl methyl sites for hydroxylation is 2. The molecule has 1 amide bonds. The lowest BCUT2D eigenvalue weighted by molar-refractivity contribution is -0.883. The van der Waals surface area contributed by atoms with Gasteiger partial charge in [0.25, 0.3) is 0 Å². The highest BCUT2D eigenvalue weighted by Crippen LogP contribution is 2.29. The molecule has 2 aromatic carbocycles. The van der Waals surface area contributed by atoms with Crippen molar-refractivity contribution in [2.24, 2.45) is 0 Å². The number of hydrogen-bond acceptors (Lipinski definition) is 4. The number of carbonyl (C=O) groups is 2. The van der Waals surface area contributed by atoms with Crippen molar-refractivity contribution in [1.82, 2.24) is 0 Å². The van der Waals surface area contributed by atoms with Gasteiger partial charge >= 0.3 is 12.1 Å². The van der Waals surface area contributed by atoms with E-state index in [0.717, 1.165) is 54.6 Å². The average molecular weight is 597 g/mol. The van der Waals surface area contributed by atoms with E-state index in [0.29, 0.717) is 34.4 Å². The van der Waals surface area contributed by atoms with Crippen molar-refractivity contribution in [3.05, 3.63) is 58.7 Å². The minimum atomic E-state index is -0.197. The molecule has 0 heterocycles. The maximum Gasteiger partial charge on any atom is 0.521 e. The minimum absolute atomic E-state index is 0.164. The summed E-state index contributed by atoms with van der Waals surface area (Å²) in [4.78, 5) is 25.7. The summed E-state index contributed by atoms with van der Waals surface area (Å²) < 4.78 is 12.6. The van der Waals surface area contributed by atoms with Crippen LogP contribution in [0.15, 0.2) is 36.4 Å². The van der Waals surface area contributed by atoms with E-state index in [-0.39, 0.29) is 16.5 Å². The molecule has 0 aliphatic heterocycles. The van der Waals surface area contributed by atoms with Gasteiger partial charge in [-0.1, -0.05) is 77.6 Å². The molecule has 6 heteroatoms. The van der Waals surface area contributed by atoms with E-state index < -0.39 is 0 Å². The SMILES string of the molecule is Cc1ccc(C(C)C)c(OC(=O)C[N+](C)(C)CCCCCCCCCC[N+](C)(C)C(=O)Oc2cc(C)ccc2C(C)C)c1. The first kappa shape index (κ1) is 36.5. The summed E-state index contributed by atoms with van der Waals surface area (Å²) in [6.45, 7) is 14.6. The standard InChI is InChI=1S/C37H60N2O4/c1-28(2)32-21-19-30(5)25-34(32)42-36(40)27-38(7,8)23-17-15-13-11-12-14-16-18-24-39(9,10)37(41)43-35-26-31(6)20-22-33(35)29(3)4/h19-22,25-26,28-29H,11-18,23-24,27H2,1-10H3/q+2. The van der Waals surface area contributed by atoms with Crippen molar-refractivity contribution in [2.45, 2.75) is 105 Å². The number of amides is 1. The summed E-state index contributed by atoms with van der Waals surface area (Å²) >= 11 is 0. The fourth-order valence-corrected chi connectivity index (χ4v) is 5.41. The lowest BCUT2D eigenvalue weighted by Crippen LogP contribution is -2.48. The fourth-order valence-electron chi connectivity index (χ4n) is 5.41. The van der Waals surface area contributed by atoms with E-state index in [4.69, 9.17) is 9.47 Å². The van der Waals surface area contributed by atoms with Gasteiger partial charge in [-0.05, 0) is 85.8 Å². The normalized spacial score (nSPS) is 12.2. The van der Waals surface area contributed by atoms with Gasteiger partial charge in [0, 0.05) is 0 Å². The first-order chi connectivity index (χ1) is 20.1. The molecular weight excluding hydrogens is 536 g/mol. The number of unbranched alkanes of at least 4 members (excludes halogenated alkanes) is 7. The first-order valence-electron chi connectivity index (χ1n) is 16.4. The van der Waals surface area contributed by atoms with Crippen molar-refractivity contribution >= 4 is 12.1 Å². The Morgan fingerprint density at radius 2 is 1.05 bits per heavy atom. The van der Waals surface area contributed by atoms with Crippen LogP contribution in [0.3, 0.4) is 0 Å². The zero-order valence-electron chi connectivity index (χ0n) is 28.9. The number of quaternary nitrogens is 2. The van der Waals surface area contributed by atoms with Gasteiger partial charge in [-0.15, -0.1) is 0 Å². The van der Waals surface area contributed by atoms with Gasteiger partial charge in [0.2, 0.25) is 0 Å². The number of esters is 1. The second-order valence-corrected chi connectivity index (χ2v) is 14.3. The van der Waals surface area contributed by atoms with Crippen molar-refractivity contribution in [3.63, 3.8) is 0 Å². The van der Waals surface area contributed by atoms with Crippen LogP contribution in [-0.2, 0) is 4.79 Å². The van der Waals surface area contributed by atoms with Crippen molar-refractivity contribution in [3.8, 4) is 11.5 Å². The van der Waals surface area contributed by atoms with E-state index in [2.05, 4.69) is 66.1 Å². The highest BCUT2D eigenvalue weighted by molar-refractivity contribution is 5.74. The number of hydrogen-bond donors (Lipinski definition) is 0. The Bertz CT molecular complexity index is 1180. The Labute approximate surface area is 262 Å². The highest BCUT2D eigenvalue weighted by atomic mass is 16.6. The third-order valence-electron chi connectivity index (χ3n) is 8.29. The zero-order valence-corrected chi connectivity index (χ0v) is 28.9. The van der Waals surface area contributed by atoms with Crippen LogP contribution in [0, 0.1) is 13.8 Å². The summed E-state index contributed by atoms with van der Waals surface area (Å²) in [5.74, 6) is 1.84.